The van der Waals surface area contributed by atoms with E-state index in [1.807, 2.05) is 13.8 Å². The molecule has 0 aromatic carbocycles. The van der Waals surface area contributed by atoms with Gasteiger partial charge in [-0.1, -0.05) is 6.92 Å². The minimum Gasteiger partial charge on any atom is -0.394 e. The minimum atomic E-state index is -2.00. The quantitative estimate of drug-likeness (QED) is 0.298. The van der Waals surface area contributed by atoms with Gasteiger partial charge in [0.05, 0.1) is 13.2 Å². The summed E-state index contributed by atoms with van der Waals surface area (Å²) in [6, 6.07) is 2.08. The Labute approximate surface area is 144 Å². The van der Waals surface area contributed by atoms with Gasteiger partial charge >= 0.3 is 8.56 Å². The van der Waals surface area contributed by atoms with E-state index in [4.69, 9.17) is 18.3 Å². The second-order valence-corrected chi connectivity index (χ2v) is 9.08. The number of ether oxygens (including phenoxy) is 2. The molecular formula is C17H39NO4Si. The molecule has 0 aliphatic heterocycles. The van der Waals surface area contributed by atoms with Crippen molar-refractivity contribution in [1.29, 1.82) is 0 Å². The van der Waals surface area contributed by atoms with E-state index in [-0.39, 0.29) is 0 Å². The number of hydrogen-bond acceptors (Lipinski definition) is 5. The van der Waals surface area contributed by atoms with E-state index in [0.717, 1.165) is 77.8 Å². The molecule has 0 aliphatic rings. The fraction of sp³-hybridized carbons (Fsp3) is 1.00. The SMILES string of the molecule is CCOCCN(CCC[Si](CC)(OCC)OCC)CCOCC. The molecule has 0 amide bonds. The molecule has 0 aliphatic carbocycles. The van der Waals surface area contributed by atoms with Crippen LogP contribution < -0.4 is 0 Å². The maximum absolute atomic E-state index is 6.05. The first-order valence-electron chi connectivity index (χ1n) is 9.33. The summed E-state index contributed by atoms with van der Waals surface area (Å²) in [7, 11) is -2.00. The molecule has 0 rings (SSSR count). The zero-order valence-electron chi connectivity index (χ0n) is 16.1. The lowest BCUT2D eigenvalue weighted by Gasteiger charge is -2.30. The maximum Gasteiger partial charge on any atom is 0.337 e. The van der Waals surface area contributed by atoms with Crippen LogP contribution in [0.15, 0.2) is 0 Å². The van der Waals surface area contributed by atoms with Crippen molar-refractivity contribution in [2.75, 3.05) is 59.3 Å². The van der Waals surface area contributed by atoms with Crippen LogP contribution in [0.4, 0.5) is 0 Å². The van der Waals surface area contributed by atoms with Crippen LogP contribution in [0.2, 0.25) is 12.1 Å². The predicted molar refractivity (Wildman–Crippen MR) is 98.3 cm³/mol. The van der Waals surface area contributed by atoms with Crippen LogP contribution >= 0.6 is 0 Å². The molecular weight excluding hydrogens is 310 g/mol. The molecule has 0 aromatic rings. The van der Waals surface area contributed by atoms with E-state index in [9.17, 15) is 0 Å². The monoisotopic (exact) mass is 349 g/mol. The summed E-state index contributed by atoms with van der Waals surface area (Å²) >= 11 is 0. The van der Waals surface area contributed by atoms with E-state index in [0.29, 0.717) is 0 Å². The molecule has 0 saturated carbocycles. The first-order valence-corrected chi connectivity index (χ1v) is 11.6. The Morgan fingerprint density at radius 1 is 0.696 bits per heavy atom. The largest absolute Gasteiger partial charge is 0.394 e. The highest BCUT2D eigenvalue weighted by Crippen LogP contribution is 2.21. The smallest absolute Gasteiger partial charge is 0.337 e. The molecule has 0 saturated heterocycles. The van der Waals surface area contributed by atoms with Gasteiger partial charge in [-0.05, 0) is 52.7 Å². The molecule has 0 radical (unpaired) electrons. The van der Waals surface area contributed by atoms with Crippen LogP contribution in [0.25, 0.3) is 0 Å². The van der Waals surface area contributed by atoms with Crippen molar-refractivity contribution < 1.29 is 18.3 Å². The van der Waals surface area contributed by atoms with Crippen LogP contribution in [-0.4, -0.2) is 72.7 Å². The molecule has 0 fully saturated rings. The van der Waals surface area contributed by atoms with Gasteiger partial charge in [0.15, 0.2) is 0 Å². The molecule has 0 aromatic heterocycles. The van der Waals surface area contributed by atoms with E-state index >= 15 is 0 Å². The van der Waals surface area contributed by atoms with Crippen LogP contribution in [0.5, 0.6) is 0 Å². The lowest BCUT2D eigenvalue weighted by Crippen LogP contribution is -2.42. The van der Waals surface area contributed by atoms with Gasteiger partial charge in [-0.15, -0.1) is 0 Å². The number of nitrogens with zero attached hydrogens (tertiary/aromatic N) is 1. The molecule has 0 unspecified atom stereocenters. The van der Waals surface area contributed by atoms with Gasteiger partial charge in [0.1, 0.15) is 0 Å². The van der Waals surface area contributed by atoms with E-state index in [1.54, 1.807) is 0 Å². The fourth-order valence-corrected chi connectivity index (χ4v) is 5.56. The van der Waals surface area contributed by atoms with Crippen molar-refractivity contribution in [3.05, 3.63) is 0 Å². The molecule has 0 atom stereocenters. The van der Waals surface area contributed by atoms with Crippen molar-refractivity contribution >= 4 is 8.56 Å². The minimum absolute atomic E-state index is 0.748. The van der Waals surface area contributed by atoms with Crippen LogP contribution in [-0.2, 0) is 18.3 Å². The first kappa shape index (κ1) is 23.0. The van der Waals surface area contributed by atoms with Crippen molar-refractivity contribution in [2.45, 2.75) is 53.1 Å². The van der Waals surface area contributed by atoms with Crippen molar-refractivity contribution in [1.82, 2.24) is 4.90 Å². The molecule has 6 heteroatoms. The van der Waals surface area contributed by atoms with E-state index < -0.39 is 8.56 Å². The van der Waals surface area contributed by atoms with Gasteiger partial charge in [-0.3, -0.25) is 4.90 Å². The Morgan fingerprint density at radius 3 is 1.61 bits per heavy atom. The van der Waals surface area contributed by atoms with Gasteiger partial charge in [-0.2, -0.15) is 0 Å². The topological polar surface area (TPSA) is 40.2 Å². The lowest BCUT2D eigenvalue weighted by atomic mass is 10.4. The summed E-state index contributed by atoms with van der Waals surface area (Å²) in [5.74, 6) is 0. The molecule has 0 heterocycles. The third kappa shape index (κ3) is 11.2. The maximum atomic E-state index is 6.05. The Bertz CT molecular complexity index is 241. The highest BCUT2D eigenvalue weighted by Gasteiger charge is 2.34. The second-order valence-electron chi connectivity index (χ2n) is 5.47. The fourth-order valence-electron chi connectivity index (χ4n) is 2.68. The van der Waals surface area contributed by atoms with Gasteiger partial charge in [0.25, 0.3) is 0 Å². The Hall–Kier alpha value is 0.0169. The van der Waals surface area contributed by atoms with Crippen molar-refractivity contribution in [2.24, 2.45) is 0 Å². The van der Waals surface area contributed by atoms with Crippen molar-refractivity contribution in [3.63, 3.8) is 0 Å². The van der Waals surface area contributed by atoms with E-state index in [1.165, 1.54) is 0 Å². The molecule has 5 nitrogen and oxygen atoms in total. The Balaban J connectivity index is 4.31. The predicted octanol–water partition coefficient (Wildman–Crippen LogP) is 3.29. The average molecular weight is 350 g/mol. The van der Waals surface area contributed by atoms with Crippen LogP contribution in [0.1, 0.15) is 41.0 Å². The van der Waals surface area contributed by atoms with Gasteiger partial charge in [-0.25, -0.2) is 0 Å². The third-order valence-electron chi connectivity index (χ3n) is 3.90. The molecule has 140 valence electrons. The van der Waals surface area contributed by atoms with Crippen LogP contribution in [0.3, 0.4) is 0 Å². The third-order valence-corrected chi connectivity index (χ3v) is 7.72. The highest BCUT2D eigenvalue weighted by molar-refractivity contribution is 6.67. The Morgan fingerprint density at radius 2 is 1.22 bits per heavy atom. The molecule has 0 N–H and O–H groups in total. The summed E-state index contributed by atoms with van der Waals surface area (Å²) in [5.41, 5.74) is 0. The second kappa shape index (κ2) is 15.5. The summed E-state index contributed by atoms with van der Waals surface area (Å²) < 4.78 is 23.1. The Kier molecular flexibility index (Phi) is 15.6. The number of hydrogen-bond donors (Lipinski definition) is 0. The molecule has 0 bridgehead atoms. The normalized spacial score (nSPS) is 12.3. The zero-order chi connectivity index (χ0) is 17.4. The highest BCUT2D eigenvalue weighted by atomic mass is 28.4. The first-order chi connectivity index (χ1) is 11.2. The van der Waals surface area contributed by atoms with Crippen molar-refractivity contribution in [3.8, 4) is 0 Å². The average Bonchev–Trinajstić information content (AvgIpc) is 2.55. The van der Waals surface area contributed by atoms with E-state index in [2.05, 4.69) is 25.7 Å². The number of rotatable bonds is 17. The standard InChI is InChI=1S/C17H39NO4Si/c1-6-19-15-13-18(14-16-20-7-2)12-11-17-23(10-5,21-8-3)22-9-4/h6-17H2,1-5H3. The summed E-state index contributed by atoms with van der Waals surface area (Å²) in [5, 5.41) is 0. The van der Waals surface area contributed by atoms with Crippen LogP contribution in [0, 0.1) is 0 Å². The van der Waals surface area contributed by atoms with Gasteiger partial charge in [0, 0.05) is 39.5 Å². The zero-order valence-corrected chi connectivity index (χ0v) is 17.1. The molecule has 0 spiro atoms. The summed E-state index contributed by atoms with van der Waals surface area (Å²) in [4.78, 5) is 2.43. The summed E-state index contributed by atoms with van der Waals surface area (Å²) in [6.45, 7) is 18.0. The molecule has 23 heavy (non-hydrogen) atoms. The van der Waals surface area contributed by atoms with Gasteiger partial charge < -0.3 is 18.3 Å². The van der Waals surface area contributed by atoms with Gasteiger partial charge in [0.2, 0.25) is 0 Å². The lowest BCUT2D eigenvalue weighted by molar-refractivity contribution is 0.0823. The summed E-state index contributed by atoms with van der Waals surface area (Å²) in [6.07, 6.45) is 1.11.